The smallest absolute Gasteiger partial charge is 0.233 e. The molecular weight excluding hydrogens is 240 g/mol. The second-order valence-electron chi connectivity index (χ2n) is 5.17. The number of fused-ring (bicyclic) bond motifs is 1. The van der Waals surface area contributed by atoms with E-state index in [2.05, 4.69) is 11.4 Å². The zero-order valence-electron chi connectivity index (χ0n) is 10.9. The van der Waals surface area contributed by atoms with Gasteiger partial charge in [-0.2, -0.15) is 0 Å². The van der Waals surface area contributed by atoms with Crippen molar-refractivity contribution in [1.82, 2.24) is 5.32 Å². The van der Waals surface area contributed by atoms with Gasteiger partial charge in [-0.15, -0.1) is 0 Å². The maximum absolute atomic E-state index is 12.2. The Balaban J connectivity index is 2.04. The second-order valence-corrected chi connectivity index (χ2v) is 5.17. The van der Waals surface area contributed by atoms with Crippen molar-refractivity contribution in [2.24, 2.45) is 0 Å². The maximum Gasteiger partial charge on any atom is 0.233 e. The molecule has 2 amide bonds. The van der Waals surface area contributed by atoms with Gasteiger partial charge in [-0.05, 0) is 43.0 Å². The van der Waals surface area contributed by atoms with E-state index < -0.39 is 0 Å². The first-order valence-electron chi connectivity index (χ1n) is 6.94. The van der Waals surface area contributed by atoms with Crippen LogP contribution < -0.4 is 10.2 Å². The molecule has 1 N–H and O–H groups in total. The molecule has 0 saturated carbocycles. The fourth-order valence-corrected chi connectivity index (χ4v) is 2.89. The van der Waals surface area contributed by atoms with Gasteiger partial charge in [0.1, 0.15) is 0 Å². The molecule has 19 heavy (non-hydrogen) atoms. The van der Waals surface area contributed by atoms with Gasteiger partial charge in [-0.3, -0.25) is 14.5 Å². The van der Waals surface area contributed by atoms with Crippen LogP contribution in [0.1, 0.15) is 36.8 Å². The summed E-state index contributed by atoms with van der Waals surface area (Å²) in [6.07, 6.45) is 3.54. The van der Waals surface area contributed by atoms with Crippen LogP contribution in [0.5, 0.6) is 0 Å². The third-order valence-electron chi connectivity index (χ3n) is 3.89. The second kappa shape index (κ2) is 5.13. The number of nitrogens with one attached hydrogen (secondary N) is 1. The number of nitrogens with zero attached hydrogens (tertiary/aromatic N) is 1. The van der Waals surface area contributed by atoms with Crippen LogP contribution >= 0.6 is 0 Å². The zero-order chi connectivity index (χ0) is 13.2. The van der Waals surface area contributed by atoms with E-state index >= 15 is 0 Å². The lowest BCUT2D eigenvalue weighted by atomic mass is 9.98. The third-order valence-corrected chi connectivity index (χ3v) is 3.89. The summed E-state index contributed by atoms with van der Waals surface area (Å²) in [4.78, 5) is 25.8. The third kappa shape index (κ3) is 2.28. The van der Waals surface area contributed by atoms with Gasteiger partial charge in [0.05, 0.1) is 5.69 Å². The van der Waals surface area contributed by atoms with Gasteiger partial charge >= 0.3 is 0 Å². The Morgan fingerprint density at radius 1 is 1.00 bits per heavy atom. The van der Waals surface area contributed by atoms with Crippen molar-refractivity contribution >= 4 is 17.5 Å². The van der Waals surface area contributed by atoms with Crippen molar-refractivity contribution in [2.45, 2.75) is 38.6 Å². The normalized spacial score (nSPS) is 20.1. The van der Waals surface area contributed by atoms with Crippen LogP contribution in [0.2, 0.25) is 0 Å². The van der Waals surface area contributed by atoms with E-state index in [1.807, 2.05) is 12.1 Å². The zero-order valence-corrected chi connectivity index (χ0v) is 10.9. The van der Waals surface area contributed by atoms with E-state index in [9.17, 15) is 9.59 Å². The largest absolute Gasteiger partial charge is 0.312 e. The lowest BCUT2D eigenvalue weighted by Gasteiger charge is -2.26. The van der Waals surface area contributed by atoms with Gasteiger partial charge < -0.3 is 5.32 Å². The Bertz CT molecular complexity index is 507. The fraction of sp³-hybridized carbons (Fsp3) is 0.467. The lowest BCUT2D eigenvalue weighted by Crippen LogP contribution is -2.37. The number of hydrogen-bond donors (Lipinski definition) is 1. The van der Waals surface area contributed by atoms with Gasteiger partial charge in [0.15, 0.2) is 0 Å². The van der Waals surface area contributed by atoms with Crippen LogP contribution in [0, 0.1) is 0 Å². The van der Waals surface area contributed by atoms with E-state index in [0.717, 1.165) is 43.6 Å². The number of imide groups is 1. The number of benzene rings is 1. The number of carbonyl (C=O) groups is 2. The molecule has 1 aromatic rings. The minimum Gasteiger partial charge on any atom is -0.312 e. The Hall–Kier alpha value is -1.68. The molecule has 1 fully saturated rings. The predicted molar refractivity (Wildman–Crippen MR) is 72.8 cm³/mol. The van der Waals surface area contributed by atoms with Crippen LogP contribution in [0.25, 0.3) is 0 Å². The molecule has 2 heterocycles. The van der Waals surface area contributed by atoms with Gasteiger partial charge in [-0.25, -0.2) is 0 Å². The standard InChI is InChI=1S/C15H18N2O2/c18-14-6-1-2-7-15(19)17(14)13-5-3-4-11-8-9-16-10-12(11)13/h3-5,16H,1-2,6-10H2. The molecule has 2 aliphatic rings. The Kier molecular flexibility index (Phi) is 3.34. The molecule has 1 aromatic carbocycles. The molecular formula is C15H18N2O2. The van der Waals surface area contributed by atoms with Crippen molar-refractivity contribution in [3.8, 4) is 0 Å². The molecule has 1 saturated heterocycles. The van der Waals surface area contributed by atoms with E-state index in [4.69, 9.17) is 0 Å². The average Bonchev–Trinajstić information content (AvgIpc) is 2.60. The van der Waals surface area contributed by atoms with Gasteiger partial charge in [0.25, 0.3) is 0 Å². The maximum atomic E-state index is 12.2. The number of carbonyl (C=O) groups excluding carboxylic acids is 2. The first kappa shape index (κ1) is 12.4. The Morgan fingerprint density at radius 2 is 1.74 bits per heavy atom. The monoisotopic (exact) mass is 258 g/mol. The van der Waals surface area contributed by atoms with Gasteiger partial charge in [-0.1, -0.05) is 12.1 Å². The average molecular weight is 258 g/mol. The van der Waals surface area contributed by atoms with E-state index in [1.54, 1.807) is 0 Å². The highest BCUT2D eigenvalue weighted by molar-refractivity contribution is 6.15. The molecule has 4 nitrogen and oxygen atoms in total. The van der Waals surface area contributed by atoms with Crippen LogP contribution in [-0.4, -0.2) is 18.4 Å². The first-order valence-corrected chi connectivity index (χ1v) is 6.94. The molecule has 2 aliphatic heterocycles. The SMILES string of the molecule is O=C1CCCCC(=O)N1c1cccc2c1CNCC2. The highest BCUT2D eigenvalue weighted by Crippen LogP contribution is 2.29. The fourth-order valence-electron chi connectivity index (χ4n) is 2.89. The first-order chi connectivity index (χ1) is 9.27. The van der Waals surface area contributed by atoms with Crippen LogP contribution in [0.15, 0.2) is 18.2 Å². The molecule has 0 atom stereocenters. The van der Waals surface area contributed by atoms with Crippen molar-refractivity contribution in [3.05, 3.63) is 29.3 Å². The molecule has 0 radical (unpaired) electrons. The quantitative estimate of drug-likeness (QED) is 0.781. The van der Waals surface area contributed by atoms with E-state index in [0.29, 0.717) is 12.8 Å². The summed E-state index contributed by atoms with van der Waals surface area (Å²) in [5, 5.41) is 3.32. The van der Waals surface area contributed by atoms with Crippen LogP contribution in [-0.2, 0) is 22.6 Å². The molecule has 3 rings (SSSR count). The summed E-state index contributed by atoms with van der Waals surface area (Å²) in [5.41, 5.74) is 3.15. The predicted octanol–water partition coefficient (Wildman–Crippen LogP) is 1.77. The van der Waals surface area contributed by atoms with Gasteiger partial charge in [0, 0.05) is 19.4 Å². The highest BCUT2D eigenvalue weighted by atomic mass is 16.2. The lowest BCUT2D eigenvalue weighted by molar-refractivity contribution is -0.125. The summed E-state index contributed by atoms with van der Waals surface area (Å²) >= 11 is 0. The van der Waals surface area contributed by atoms with Crippen LogP contribution in [0.3, 0.4) is 0 Å². The summed E-state index contributed by atoms with van der Waals surface area (Å²) in [5.74, 6) is -0.108. The Labute approximate surface area is 112 Å². The van der Waals surface area contributed by atoms with Crippen molar-refractivity contribution in [3.63, 3.8) is 0 Å². The van der Waals surface area contributed by atoms with Crippen LogP contribution in [0.4, 0.5) is 5.69 Å². The molecule has 0 aromatic heterocycles. The van der Waals surface area contributed by atoms with E-state index in [-0.39, 0.29) is 11.8 Å². The number of hydrogen-bond acceptors (Lipinski definition) is 3. The molecule has 0 spiro atoms. The summed E-state index contributed by atoms with van der Waals surface area (Å²) in [6, 6.07) is 5.93. The molecule has 100 valence electrons. The minimum atomic E-state index is -0.0542. The molecule has 0 bridgehead atoms. The topological polar surface area (TPSA) is 49.4 Å². The minimum absolute atomic E-state index is 0.0542. The molecule has 4 heteroatoms. The number of anilines is 1. The number of rotatable bonds is 1. The summed E-state index contributed by atoms with van der Waals surface area (Å²) in [6.45, 7) is 1.70. The Morgan fingerprint density at radius 3 is 2.47 bits per heavy atom. The van der Waals surface area contributed by atoms with Crippen molar-refractivity contribution < 1.29 is 9.59 Å². The molecule has 0 aliphatic carbocycles. The summed E-state index contributed by atoms with van der Waals surface area (Å²) in [7, 11) is 0. The van der Waals surface area contributed by atoms with E-state index in [1.165, 1.54) is 10.5 Å². The van der Waals surface area contributed by atoms with Crippen molar-refractivity contribution in [2.75, 3.05) is 11.4 Å². The molecule has 0 unspecified atom stereocenters. The number of amides is 2. The highest BCUT2D eigenvalue weighted by Gasteiger charge is 2.28. The van der Waals surface area contributed by atoms with Gasteiger partial charge in [0.2, 0.25) is 11.8 Å². The summed E-state index contributed by atoms with van der Waals surface area (Å²) < 4.78 is 0. The van der Waals surface area contributed by atoms with Crippen molar-refractivity contribution in [1.29, 1.82) is 0 Å².